The normalized spacial score (nSPS) is 21.5. The molecule has 2 atom stereocenters. The molecule has 0 saturated carbocycles. The zero-order valence-electron chi connectivity index (χ0n) is 13.6. The predicted molar refractivity (Wildman–Crippen MR) is 84.7 cm³/mol. The van der Waals surface area contributed by atoms with E-state index in [1.54, 1.807) is 32.9 Å². The highest BCUT2D eigenvalue weighted by atomic mass is 28.4. The molecule has 0 N–H and O–H groups in total. The van der Waals surface area contributed by atoms with E-state index in [9.17, 15) is 9.59 Å². The van der Waals surface area contributed by atoms with Crippen LogP contribution in [-0.2, 0) is 27.6 Å². The summed E-state index contributed by atoms with van der Waals surface area (Å²) in [7, 11) is -3.41. The minimum atomic E-state index is -3.41. The van der Waals surface area contributed by atoms with Gasteiger partial charge in [-0.3, -0.25) is 9.59 Å². The SMILES string of the molecule is CCO[Si](OCC)(OCC)C1C(=O)OC(=O)C1c1ccccc1. The van der Waals surface area contributed by atoms with Crippen LogP contribution < -0.4 is 0 Å². The van der Waals surface area contributed by atoms with Crippen molar-refractivity contribution in [1.29, 1.82) is 0 Å². The predicted octanol–water partition coefficient (Wildman–Crippen LogP) is 2.27. The Labute approximate surface area is 137 Å². The van der Waals surface area contributed by atoms with Crippen molar-refractivity contribution in [3.8, 4) is 0 Å². The summed E-state index contributed by atoms with van der Waals surface area (Å²) in [4.78, 5) is 24.7. The number of cyclic esters (lactones) is 2. The zero-order valence-corrected chi connectivity index (χ0v) is 14.6. The third-order valence-electron chi connectivity index (χ3n) is 3.62. The van der Waals surface area contributed by atoms with Gasteiger partial charge in [0.2, 0.25) is 0 Å². The van der Waals surface area contributed by atoms with Crippen LogP contribution in [-0.4, -0.2) is 40.6 Å². The molecule has 0 spiro atoms. The number of hydrogen-bond acceptors (Lipinski definition) is 6. The Kier molecular flexibility index (Phi) is 6.06. The van der Waals surface area contributed by atoms with Gasteiger partial charge in [-0.1, -0.05) is 30.3 Å². The minimum absolute atomic E-state index is 0.325. The summed E-state index contributed by atoms with van der Waals surface area (Å²) >= 11 is 0. The van der Waals surface area contributed by atoms with E-state index >= 15 is 0 Å². The fourth-order valence-corrected chi connectivity index (χ4v) is 5.91. The van der Waals surface area contributed by atoms with Crippen molar-refractivity contribution in [3.05, 3.63) is 35.9 Å². The molecule has 1 heterocycles. The van der Waals surface area contributed by atoms with Gasteiger partial charge in [0, 0.05) is 19.8 Å². The fraction of sp³-hybridized carbons (Fsp3) is 0.500. The van der Waals surface area contributed by atoms with Crippen LogP contribution in [0.15, 0.2) is 30.3 Å². The molecule has 1 aromatic rings. The van der Waals surface area contributed by atoms with Crippen LogP contribution in [0.3, 0.4) is 0 Å². The van der Waals surface area contributed by atoms with E-state index in [0.29, 0.717) is 25.4 Å². The molecule has 0 amide bonds. The molecule has 6 nitrogen and oxygen atoms in total. The second-order valence-corrected chi connectivity index (χ2v) is 7.70. The lowest BCUT2D eigenvalue weighted by molar-refractivity contribution is -0.152. The standard InChI is InChI=1S/C16H22O6Si/c1-4-19-23(20-5-2,21-6-3)14-13(15(17)22-16(14)18)12-10-8-7-9-11-12/h7-11,13-14H,4-6H2,1-3H3. The van der Waals surface area contributed by atoms with Crippen molar-refractivity contribution in [2.75, 3.05) is 19.8 Å². The lowest BCUT2D eigenvalue weighted by Crippen LogP contribution is -2.53. The highest BCUT2D eigenvalue weighted by molar-refractivity contribution is 6.67. The first-order chi connectivity index (χ1) is 11.1. The average Bonchev–Trinajstić information content (AvgIpc) is 2.83. The van der Waals surface area contributed by atoms with Crippen LogP contribution >= 0.6 is 0 Å². The van der Waals surface area contributed by atoms with Crippen LogP contribution in [0.4, 0.5) is 0 Å². The van der Waals surface area contributed by atoms with Crippen molar-refractivity contribution in [3.63, 3.8) is 0 Å². The lowest BCUT2D eigenvalue weighted by Gasteiger charge is -2.33. The van der Waals surface area contributed by atoms with Gasteiger partial charge >= 0.3 is 20.7 Å². The van der Waals surface area contributed by atoms with Gasteiger partial charge in [-0.05, 0) is 26.3 Å². The molecule has 1 aliphatic rings. The molecular weight excluding hydrogens is 316 g/mol. The highest BCUT2D eigenvalue weighted by Crippen LogP contribution is 2.45. The number of rotatable bonds is 8. The molecule has 7 heteroatoms. The first-order valence-corrected chi connectivity index (χ1v) is 9.62. The maximum absolute atomic E-state index is 12.4. The highest BCUT2D eigenvalue weighted by Gasteiger charge is 2.63. The van der Waals surface area contributed by atoms with Gasteiger partial charge in [0.05, 0.1) is 0 Å². The molecule has 1 saturated heterocycles. The quantitative estimate of drug-likeness (QED) is 0.411. The third kappa shape index (κ3) is 3.53. The summed E-state index contributed by atoms with van der Waals surface area (Å²) in [6.45, 7) is 6.39. The van der Waals surface area contributed by atoms with E-state index in [4.69, 9.17) is 18.0 Å². The Balaban J connectivity index is 2.48. The number of ether oxygens (including phenoxy) is 1. The van der Waals surface area contributed by atoms with E-state index in [2.05, 4.69) is 0 Å². The topological polar surface area (TPSA) is 71.1 Å². The van der Waals surface area contributed by atoms with Gasteiger partial charge in [0.25, 0.3) is 0 Å². The molecule has 1 aliphatic heterocycles. The molecule has 1 fully saturated rings. The van der Waals surface area contributed by atoms with Crippen molar-refractivity contribution >= 4 is 20.7 Å². The molecule has 2 rings (SSSR count). The average molecular weight is 338 g/mol. The van der Waals surface area contributed by atoms with Gasteiger partial charge in [0.15, 0.2) is 0 Å². The molecule has 0 bridgehead atoms. The van der Waals surface area contributed by atoms with E-state index in [1.807, 2.05) is 18.2 Å². The summed E-state index contributed by atoms with van der Waals surface area (Å²) < 4.78 is 22.3. The minimum Gasteiger partial charge on any atom is -0.392 e. The largest absolute Gasteiger partial charge is 0.517 e. The number of hydrogen-bond donors (Lipinski definition) is 0. The summed E-state index contributed by atoms with van der Waals surface area (Å²) in [6, 6.07) is 9.06. The smallest absolute Gasteiger partial charge is 0.392 e. The van der Waals surface area contributed by atoms with Crippen LogP contribution in [0.5, 0.6) is 0 Å². The number of carbonyl (C=O) groups is 2. The second-order valence-electron chi connectivity index (χ2n) is 5.01. The van der Waals surface area contributed by atoms with Crippen LogP contribution in [0.1, 0.15) is 32.3 Å². The van der Waals surface area contributed by atoms with Gasteiger partial charge < -0.3 is 18.0 Å². The number of benzene rings is 1. The van der Waals surface area contributed by atoms with Gasteiger partial charge in [0.1, 0.15) is 11.5 Å². The Morgan fingerprint density at radius 2 is 1.43 bits per heavy atom. The molecule has 23 heavy (non-hydrogen) atoms. The summed E-state index contributed by atoms with van der Waals surface area (Å²) in [6.07, 6.45) is 0. The Bertz CT molecular complexity index is 530. The van der Waals surface area contributed by atoms with E-state index < -0.39 is 32.2 Å². The third-order valence-corrected chi connectivity index (χ3v) is 7.02. The fourth-order valence-electron chi connectivity index (χ4n) is 2.83. The van der Waals surface area contributed by atoms with Gasteiger partial charge in [-0.25, -0.2) is 0 Å². The number of esters is 2. The maximum Gasteiger partial charge on any atom is 0.517 e. The second kappa shape index (κ2) is 7.83. The molecule has 2 unspecified atom stereocenters. The first-order valence-electron chi connectivity index (χ1n) is 7.81. The van der Waals surface area contributed by atoms with Crippen molar-refractivity contribution in [2.24, 2.45) is 0 Å². The van der Waals surface area contributed by atoms with Crippen molar-refractivity contribution < 1.29 is 27.6 Å². The summed E-state index contributed by atoms with van der Waals surface area (Å²) in [5.74, 6) is -1.98. The zero-order chi connectivity index (χ0) is 16.9. The Hall–Kier alpha value is -1.54. The Morgan fingerprint density at radius 3 is 1.91 bits per heavy atom. The van der Waals surface area contributed by atoms with Crippen molar-refractivity contribution in [2.45, 2.75) is 32.2 Å². The van der Waals surface area contributed by atoms with Gasteiger partial charge in [-0.2, -0.15) is 0 Å². The molecule has 0 aliphatic carbocycles. The molecular formula is C16H22O6Si. The number of carbonyl (C=O) groups excluding carboxylic acids is 2. The van der Waals surface area contributed by atoms with Crippen LogP contribution in [0.2, 0.25) is 5.54 Å². The van der Waals surface area contributed by atoms with E-state index in [0.717, 1.165) is 0 Å². The monoisotopic (exact) mass is 338 g/mol. The lowest BCUT2D eigenvalue weighted by atomic mass is 9.97. The van der Waals surface area contributed by atoms with Crippen molar-refractivity contribution in [1.82, 2.24) is 0 Å². The molecule has 0 aromatic heterocycles. The molecule has 1 aromatic carbocycles. The molecule has 0 radical (unpaired) electrons. The summed E-state index contributed by atoms with van der Waals surface area (Å²) in [5.41, 5.74) is -0.179. The maximum atomic E-state index is 12.4. The Morgan fingerprint density at radius 1 is 0.913 bits per heavy atom. The summed E-state index contributed by atoms with van der Waals surface area (Å²) in [5, 5.41) is 0. The van der Waals surface area contributed by atoms with Crippen LogP contribution in [0, 0.1) is 0 Å². The van der Waals surface area contributed by atoms with Gasteiger partial charge in [-0.15, -0.1) is 0 Å². The molecule has 126 valence electrons. The van der Waals surface area contributed by atoms with Crippen LogP contribution in [0.25, 0.3) is 0 Å². The van der Waals surface area contributed by atoms with E-state index in [1.165, 1.54) is 0 Å². The first kappa shape index (κ1) is 17.8. The van der Waals surface area contributed by atoms with E-state index in [-0.39, 0.29) is 0 Å².